The maximum atomic E-state index is 12.6. The maximum absolute atomic E-state index is 12.6. The fourth-order valence-corrected chi connectivity index (χ4v) is 4.80. The van der Waals surface area contributed by atoms with Crippen LogP contribution < -0.4 is 9.47 Å². The first kappa shape index (κ1) is 27.8. The Bertz CT molecular complexity index is 896. The smallest absolute Gasteiger partial charge is 0.343 e. The number of carbonyl (C=O) groups is 1. The van der Waals surface area contributed by atoms with Crippen molar-refractivity contribution in [1.29, 1.82) is 0 Å². The van der Waals surface area contributed by atoms with Crippen LogP contribution in [0.5, 0.6) is 11.5 Å². The molecule has 196 valence electrons. The number of unbranched alkanes of at least 4 members (excludes halogenated alkanes) is 3. The van der Waals surface area contributed by atoms with E-state index in [9.17, 15) is 4.79 Å². The van der Waals surface area contributed by atoms with Crippen molar-refractivity contribution in [3.05, 3.63) is 72.0 Å². The van der Waals surface area contributed by atoms with Gasteiger partial charge in [-0.15, -0.1) is 0 Å². The summed E-state index contributed by atoms with van der Waals surface area (Å²) in [6, 6.07) is 15.2. The highest BCUT2D eigenvalue weighted by molar-refractivity contribution is 5.91. The summed E-state index contributed by atoms with van der Waals surface area (Å²) in [4.78, 5) is 22.4. The molecule has 0 bridgehead atoms. The predicted molar refractivity (Wildman–Crippen MR) is 143 cm³/mol. The highest BCUT2D eigenvalue weighted by Crippen LogP contribution is 2.37. The normalized spacial score (nSPS) is 17.7. The van der Waals surface area contributed by atoms with Crippen molar-refractivity contribution < 1.29 is 24.0 Å². The Morgan fingerprint density at radius 3 is 2.19 bits per heavy atom. The van der Waals surface area contributed by atoms with E-state index in [1.807, 2.05) is 31.2 Å². The van der Waals surface area contributed by atoms with E-state index < -0.39 is 0 Å². The van der Waals surface area contributed by atoms with Gasteiger partial charge in [-0.25, -0.2) is 4.79 Å². The van der Waals surface area contributed by atoms with Crippen LogP contribution in [0.3, 0.4) is 0 Å². The average Bonchev–Trinajstić information content (AvgIpc) is 2.91. The van der Waals surface area contributed by atoms with Crippen molar-refractivity contribution in [2.45, 2.75) is 84.0 Å². The Hall–Kier alpha value is -2.79. The molecule has 1 saturated carbocycles. The monoisotopic (exact) mass is 494 g/mol. The summed E-state index contributed by atoms with van der Waals surface area (Å²) in [7, 11) is 0. The summed E-state index contributed by atoms with van der Waals surface area (Å²) in [5, 5.41) is 0. The summed E-state index contributed by atoms with van der Waals surface area (Å²) < 4.78 is 11.4. The molecule has 1 fully saturated rings. The highest BCUT2D eigenvalue weighted by atomic mass is 17.2. The van der Waals surface area contributed by atoms with Crippen LogP contribution in [0, 0.1) is 5.92 Å². The zero-order chi connectivity index (χ0) is 25.4. The third kappa shape index (κ3) is 9.69. The van der Waals surface area contributed by atoms with E-state index in [1.165, 1.54) is 50.4 Å². The van der Waals surface area contributed by atoms with Gasteiger partial charge in [-0.1, -0.05) is 38.3 Å². The number of hydrogen-bond donors (Lipinski definition) is 0. The van der Waals surface area contributed by atoms with Crippen molar-refractivity contribution >= 4 is 5.97 Å². The Balaban J connectivity index is 1.33. The molecule has 2 aromatic rings. The molecular formula is C31H42O5. The van der Waals surface area contributed by atoms with Gasteiger partial charge in [0.25, 0.3) is 0 Å². The number of allylic oxidation sites excluding steroid dienone is 1. The first-order valence-corrected chi connectivity index (χ1v) is 13.6. The van der Waals surface area contributed by atoms with E-state index in [0.29, 0.717) is 30.4 Å². The summed E-state index contributed by atoms with van der Waals surface area (Å²) in [6.07, 6.45) is 15.2. The van der Waals surface area contributed by atoms with Gasteiger partial charge in [-0.05, 0) is 112 Å². The highest BCUT2D eigenvalue weighted by Gasteiger charge is 2.22. The van der Waals surface area contributed by atoms with E-state index in [2.05, 4.69) is 19.1 Å². The quantitative estimate of drug-likeness (QED) is 0.0621. The number of hydrogen-bond acceptors (Lipinski definition) is 5. The summed E-state index contributed by atoms with van der Waals surface area (Å²) >= 11 is 0. The van der Waals surface area contributed by atoms with Gasteiger partial charge in [0.05, 0.1) is 18.8 Å². The summed E-state index contributed by atoms with van der Waals surface area (Å²) in [6.45, 7) is 5.39. The first-order valence-electron chi connectivity index (χ1n) is 13.6. The maximum Gasteiger partial charge on any atom is 0.343 e. The standard InChI is InChI=1S/C31H42O5/c1-3-9-25-10-12-26(13-11-25)27-14-20-30(21-15-27)36-31(32)28-16-18-29(19-17-28)33-23-7-5-6-8-24-35-34-22-4-2/h4,14-22,25-26H,3,5-13,23-24H2,1-2H3/b22-4+. The van der Waals surface area contributed by atoms with Gasteiger partial charge in [-0.2, -0.15) is 4.89 Å². The molecular weight excluding hydrogens is 452 g/mol. The molecule has 0 spiro atoms. The van der Waals surface area contributed by atoms with E-state index in [0.717, 1.165) is 37.4 Å². The number of ether oxygens (including phenoxy) is 2. The van der Waals surface area contributed by atoms with Crippen LogP contribution >= 0.6 is 0 Å². The molecule has 36 heavy (non-hydrogen) atoms. The lowest BCUT2D eigenvalue weighted by atomic mass is 9.77. The van der Waals surface area contributed by atoms with Gasteiger partial charge >= 0.3 is 5.97 Å². The van der Waals surface area contributed by atoms with Crippen LogP contribution in [0.1, 0.15) is 99.9 Å². The van der Waals surface area contributed by atoms with Crippen molar-refractivity contribution in [2.75, 3.05) is 13.2 Å². The second-order valence-corrected chi connectivity index (χ2v) is 9.64. The Kier molecular flexibility index (Phi) is 12.4. The minimum atomic E-state index is -0.352. The van der Waals surface area contributed by atoms with Crippen molar-refractivity contribution in [1.82, 2.24) is 0 Å². The van der Waals surface area contributed by atoms with E-state index >= 15 is 0 Å². The molecule has 0 N–H and O–H groups in total. The van der Waals surface area contributed by atoms with Gasteiger partial charge < -0.3 is 14.4 Å². The zero-order valence-electron chi connectivity index (χ0n) is 22.0. The molecule has 0 unspecified atom stereocenters. The van der Waals surface area contributed by atoms with Crippen molar-refractivity contribution in [2.24, 2.45) is 5.92 Å². The largest absolute Gasteiger partial charge is 0.494 e. The minimum Gasteiger partial charge on any atom is -0.494 e. The van der Waals surface area contributed by atoms with Gasteiger partial charge in [-0.3, -0.25) is 0 Å². The molecule has 5 heteroatoms. The molecule has 0 amide bonds. The van der Waals surface area contributed by atoms with Crippen molar-refractivity contribution in [3.8, 4) is 11.5 Å². The third-order valence-corrected chi connectivity index (χ3v) is 6.85. The van der Waals surface area contributed by atoms with Gasteiger partial charge in [0.15, 0.2) is 0 Å². The molecule has 0 aromatic heterocycles. The minimum absolute atomic E-state index is 0.352. The Labute approximate surface area is 216 Å². The van der Waals surface area contributed by atoms with Crippen LogP contribution in [0.2, 0.25) is 0 Å². The Morgan fingerprint density at radius 2 is 1.53 bits per heavy atom. The van der Waals surface area contributed by atoms with Crippen LogP contribution in [0.15, 0.2) is 60.9 Å². The first-order chi connectivity index (χ1) is 17.7. The SMILES string of the molecule is C/C=C/OOCCCCCCOc1ccc(C(=O)Oc2ccc(C3CCC(CCC)CC3)cc2)cc1. The van der Waals surface area contributed by atoms with E-state index in [-0.39, 0.29) is 5.97 Å². The van der Waals surface area contributed by atoms with Crippen LogP contribution in [-0.2, 0) is 9.78 Å². The number of esters is 1. The van der Waals surface area contributed by atoms with Gasteiger partial charge in [0.2, 0.25) is 0 Å². The van der Waals surface area contributed by atoms with E-state index in [4.69, 9.17) is 19.2 Å². The molecule has 0 aliphatic heterocycles. The van der Waals surface area contributed by atoms with E-state index in [1.54, 1.807) is 18.2 Å². The fraction of sp³-hybridized carbons (Fsp3) is 0.516. The zero-order valence-corrected chi connectivity index (χ0v) is 22.0. The van der Waals surface area contributed by atoms with Gasteiger partial charge in [0.1, 0.15) is 17.8 Å². The molecule has 0 radical (unpaired) electrons. The van der Waals surface area contributed by atoms with Crippen LogP contribution in [0.25, 0.3) is 0 Å². The number of rotatable bonds is 15. The van der Waals surface area contributed by atoms with Crippen molar-refractivity contribution in [3.63, 3.8) is 0 Å². The molecule has 1 aliphatic rings. The lowest BCUT2D eigenvalue weighted by molar-refractivity contribution is -0.249. The van der Waals surface area contributed by atoms with Crippen LogP contribution in [-0.4, -0.2) is 19.2 Å². The molecule has 1 aliphatic carbocycles. The molecule has 0 heterocycles. The average molecular weight is 495 g/mol. The number of benzene rings is 2. The lowest BCUT2D eigenvalue weighted by Crippen LogP contribution is -2.13. The molecule has 3 rings (SSSR count). The second kappa shape index (κ2) is 16.1. The molecule has 0 atom stereocenters. The summed E-state index contributed by atoms with van der Waals surface area (Å²) in [5.41, 5.74) is 1.87. The summed E-state index contributed by atoms with van der Waals surface area (Å²) in [5.74, 6) is 2.53. The van der Waals surface area contributed by atoms with Crippen LogP contribution in [0.4, 0.5) is 0 Å². The lowest BCUT2D eigenvalue weighted by Gasteiger charge is -2.28. The second-order valence-electron chi connectivity index (χ2n) is 9.64. The third-order valence-electron chi connectivity index (χ3n) is 6.85. The molecule has 5 nitrogen and oxygen atoms in total. The molecule has 2 aromatic carbocycles. The molecule has 0 saturated heterocycles. The Morgan fingerprint density at radius 1 is 0.861 bits per heavy atom. The number of carbonyl (C=O) groups excluding carboxylic acids is 1. The fourth-order valence-electron chi connectivity index (χ4n) is 4.80. The topological polar surface area (TPSA) is 54.0 Å². The predicted octanol–water partition coefficient (Wildman–Crippen LogP) is 8.40. The van der Waals surface area contributed by atoms with Gasteiger partial charge in [0, 0.05) is 0 Å².